The Bertz CT molecular complexity index is 584. The highest BCUT2D eigenvalue weighted by Gasteiger charge is 2.37. The topological polar surface area (TPSA) is 64.5 Å². The van der Waals surface area contributed by atoms with Gasteiger partial charge in [-0.25, -0.2) is 4.39 Å². The lowest BCUT2D eigenvalue weighted by Crippen LogP contribution is -2.49. The van der Waals surface area contributed by atoms with Crippen molar-refractivity contribution in [2.45, 2.75) is 69.7 Å². The van der Waals surface area contributed by atoms with E-state index in [1.807, 2.05) is 26.0 Å². The molecule has 0 bridgehead atoms. The number of ether oxygens (including phenoxy) is 1. The molecule has 5 heteroatoms. The van der Waals surface area contributed by atoms with Gasteiger partial charge < -0.3 is 21.1 Å². The van der Waals surface area contributed by atoms with Gasteiger partial charge in [-0.2, -0.15) is 0 Å². The monoisotopic (exact) mass is 335 g/mol. The number of benzene rings is 1. The second-order valence-corrected chi connectivity index (χ2v) is 8.14. The van der Waals surface area contributed by atoms with Crippen LogP contribution in [0, 0.1) is 5.82 Å². The van der Waals surface area contributed by atoms with Gasteiger partial charge in [0.05, 0.1) is 17.9 Å². The second-order valence-electron chi connectivity index (χ2n) is 8.14. The highest BCUT2D eigenvalue weighted by atomic mass is 19.1. The SMILES string of the molecule is CC1CN(c2ccc(C3(N)CCC(C)(N)CC3)cc2F)CC(C)O1. The zero-order valence-electron chi connectivity index (χ0n) is 15.0. The molecule has 3 rings (SSSR count). The first-order chi connectivity index (χ1) is 11.2. The fourth-order valence-electron chi connectivity index (χ4n) is 4.00. The number of nitrogens with zero attached hydrogens (tertiary/aromatic N) is 1. The van der Waals surface area contributed by atoms with Crippen LogP contribution in [0.2, 0.25) is 0 Å². The highest BCUT2D eigenvalue weighted by Crippen LogP contribution is 2.39. The third-order valence-electron chi connectivity index (χ3n) is 5.57. The number of halogens is 1. The van der Waals surface area contributed by atoms with Crippen molar-refractivity contribution in [3.05, 3.63) is 29.6 Å². The van der Waals surface area contributed by atoms with Crippen LogP contribution in [-0.4, -0.2) is 30.8 Å². The molecule has 2 fully saturated rings. The predicted molar refractivity (Wildman–Crippen MR) is 95.5 cm³/mol. The van der Waals surface area contributed by atoms with Crippen molar-refractivity contribution < 1.29 is 9.13 Å². The molecule has 2 unspecified atom stereocenters. The van der Waals surface area contributed by atoms with Gasteiger partial charge >= 0.3 is 0 Å². The van der Waals surface area contributed by atoms with E-state index < -0.39 is 5.54 Å². The summed E-state index contributed by atoms with van der Waals surface area (Å²) in [5.74, 6) is -0.195. The Balaban J connectivity index is 1.80. The van der Waals surface area contributed by atoms with Crippen LogP contribution in [0.3, 0.4) is 0 Å². The molecule has 1 saturated heterocycles. The molecule has 1 aromatic carbocycles. The molecule has 1 saturated carbocycles. The molecule has 0 amide bonds. The van der Waals surface area contributed by atoms with Gasteiger partial charge in [-0.3, -0.25) is 0 Å². The molecule has 2 atom stereocenters. The lowest BCUT2D eigenvalue weighted by molar-refractivity contribution is -0.00539. The van der Waals surface area contributed by atoms with Crippen LogP contribution >= 0.6 is 0 Å². The minimum absolute atomic E-state index is 0.106. The summed E-state index contributed by atoms with van der Waals surface area (Å²) in [6.45, 7) is 7.53. The summed E-state index contributed by atoms with van der Waals surface area (Å²) < 4.78 is 20.5. The molecular formula is C19H30FN3O. The smallest absolute Gasteiger partial charge is 0.146 e. The number of anilines is 1. The van der Waals surface area contributed by atoms with E-state index >= 15 is 0 Å². The van der Waals surface area contributed by atoms with Gasteiger partial charge in [0.15, 0.2) is 0 Å². The summed E-state index contributed by atoms with van der Waals surface area (Å²) in [5, 5.41) is 0. The molecule has 0 aromatic heterocycles. The largest absolute Gasteiger partial charge is 0.372 e. The number of nitrogens with two attached hydrogens (primary N) is 2. The fourth-order valence-corrected chi connectivity index (χ4v) is 4.00. The Kier molecular flexibility index (Phi) is 4.62. The summed E-state index contributed by atoms with van der Waals surface area (Å²) in [6, 6.07) is 5.49. The summed E-state index contributed by atoms with van der Waals surface area (Å²) in [7, 11) is 0. The maximum absolute atomic E-state index is 14.8. The summed E-state index contributed by atoms with van der Waals surface area (Å²) in [5.41, 5.74) is 13.7. The van der Waals surface area contributed by atoms with Gasteiger partial charge in [-0.05, 0) is 64.2 Å². The Morgan fingerprint density at radius 3 is 2.21 bits per heavy atom. The maximum atomic E-state index is 14.8. The molecule has 1 aliphatic heterocycles. The molecule has 4 nitrogen and oxygen atoms in total. The van der Waals surface area contributed by atoms with Crippen molar-refractivity contribution in [1.29, 1.82) is 0 Å². The quantitative estimate of drug-likeness (QED) is 0.872. The molecule has 2 aliphatic rings. The van der Waals surface area contributed by atoms with Gasteiger partial charge in [0.25, 0.3) is 0 Å². The van der Waals surface area contributed by atoms with E-state index in [-0.39, 0.29) is 23.6 Å². The van der Waals surface area contributed by atoms with Crippen LogP contribution in [-0.2, 0) is 10.3 Å². The highest BCUT2D eigenvalue weighted by molar-refractivity contribution is 5.51. The molecule has 1 heterocycles. The fraction of sp³-hybridized carbons (Fsp3) is 0.684. The minimum Gasteiger partial charge on any atom is -0.372 e. The van der Waals surface area contributed by atoms with E-state index in [2.05, 4.69) is 11.8 Å². The summed E-state index contributed by atoms with van der Waals surface area (Å²) in [4.78, 5) is 2.07. The molecule has 0 spiro atoms. The number of hydrogen-bond donors (Lipinski definition) is 2. The first kappa shape index (κ1) is 17.6. The van der Waals surface area contributed by atoms with Crippen molar-refractivity contribution in [3.8, 4) is 0 Å². The van der Waals surface area contributed by atoms with Crippen LogP contribution in [0.25, 0.3) is 0 Å². The second kappa shape index (κ2) is 6.28. The summed E-state index contributed by atoms with van der Waals surface area (Å²) in [6.07, 6.45) is 3.54. The molecule has 4 N–H and O–H groups in total. The Labute approximate surface area is 144 Å². The number of hydrogen-bond acceptors (Lipinski definition) is 4. The minimum atomic E-state index is -0.468. The maximum Gasteiger partial charge on any atom is 0.146 e. The van der Waals surface area contributed by atoms with Gasteiger partial charge in [0.1, 0.15) is 5.82 Å². The standard InChI is InChI=1S/C19H30FN3O/c1-13-11-23(12-14(2)24-13)17-5-4-15(10-16(17)20)19(22)8-6-18(3,21)7-9-19/h4-5,10,13-14H,6-9,11-12,21-22H2,1-3H3. The average Bonchev–Trinajstić information content (AvgIpc) is 2.49. The Morgan fingerprint density at radius 2 is 1.67 bits per heavy atom. The zero-order chi connectivity index (χ0) is 17.5. The first-order valence-electron chi connectivity index (χ1n) is 8.97. The van der Waals surface area contributed by atoms with Gasteiger partial charge in [0, 0.05) is 24.2 Å². The van der Waals surface area contributed by atoms with Crippen molar-refractivity contribution in [3.63, 3.8) is 0 Å². The molecule has 24 heavy (non-hydrogen) atoms. The molecule has 1 aliphatic carbocycles. The Hall–Kier alpha value is -1.17. The van der Waals surface area contributed by atoms with E-state index in [1.54, 1.807) is 6.07 Å². The normalized spacial score (nSPS) is 37.5. The third-order valence-corrected chi connectivity index (χ3v) is 5.57. The molecule has 0 radical (unpaired) electrons. The molecular weight excluding hydrogens is 305 g/mol. The predicted octanol–water partition coefficient (Wildman–Crippen LogP) is 2.88. The van der Waals surface area contributed by atoms with Crippen molar-refractivity contribution in [1.82, 2.24) is 0 Å². The van der Waals surface area contributed by atoms with E-state index in [1.165, 1.54) is 0 Å². The first-order valence-corrected chi connectivity index (χ1v) is 8.97. The van der Waals surface area contributed by atoms with E-state index in [0.717, 1.165) is 31.2 Å². The van der Waals surface area contributed by atoms with E-state index in [4.69, 9.17) is 16.2 Å². The van der Waals surface area contributed by atoms with Crippen molar-refractivity contribution >= 4 is 5.69 Å². The van der Waals surface area contributed by atoms with Crippen LogP contribution in [0.5, 0.6) is 0 Å². The Morgan fingerprint density at radius 1 is 1.08 bits per heavy atom. The third kappa shape index (κ3) is 3.58. The van der Waals surface area contributed by atoms with Crippen LogP contribution in [0.4, 0.5) is 10.1 Å². The number of morpholine rings is 1. The van der Waals surface area contributed by atoms with Crippen molar-refractivity contribution in [2.24, 2.45) is 11.5 Å². The molecule has 134 valence electrons. The van der Waals surface area contributed by atoms with Crippen LogP contribution in [0.15, 0.2) is 18.2 Å². The van der Waals surface area contributed by atoms with Crippen molar-refractivity contribution in [2.75, 3.05) is 18.0 Å². The van der Waals surface area contributed by atoms with Gasteiger partial charge in [-0.1, -0.05) is 6.07 Å². The molecule has 1 aromatic rings. The average molecular weight is 335 g/mol. The van der Waals surface area contributed by atoms with E-state index in [0.29, 0.717) is 18.8 Å². The number of rotatable bonds is 2. The van der Waals surface area contributed by atoms with Crippen LogP contribution in [0.1, 0.15) is 52.0 Å². The lowest BCUT2D eigenvalue weighted by Gasteiger charge is -2.42. The zero-order valence-corrected chi connectivity index (χ0v) is 15.0. The van der Waals surface area contributed by atoms with Gasteiger partial charge in [-0.15, -0.1) is 0 Å². The van der Waals surface area contributed by atoms with Gasteiger partial charge in [0.2, 0.25) is 0 Å². The lowest BCUT2D eigenvalue weighted by atomic mass is 9.71. The van der Waals surface area contributed by atoms with E-state index in [9.17, 15) is 4.39 Å². The summed E-state index contributed by atoms with van der Waals surface area (Å²) >= 11 is 0. The van der Waals surface area contributed by atoms with Crippen LogP contribution < -0.4 is 16.4 Å².